The molecule has 1 fully saturated rings. The van der Waals surface area contributed by atoms with Gasteiger partial charge < -0.3 is 10.2 Å². The van der Waals surface area contributed by atoms with Gasteiger partial charge in [0.05, 0.1) is 10.7 Å². The summed E-state index contributed by atoms with van der Waals surface area (Å²) < 4.78 is 0. The Morgan fingerprint density at radius 1 is 1.22 bits per heavy atom. The molecular weight excluding hydrogens is 331 g/mol. The molecule has 1 unspecified atom stereocenters. The smallest absolute Gasteiger partial charge is 0.229 e. The van der Waals surface area contributed by atoms with E-state index in [0.29, 0.717) is 27.6 Å². The SMILES string of the molecule is Cc1cc(N2CCCC(C)C2)nc(Nc2cc(Cl)ccc2Cl)n1. The lowest BCUT2D eigenvalue weighted by atomic mass is 10.0. The van der Waals surface area contributed by atoms with Crippen molar-refractivity contribution in [3.63, 3.8) is 0 Å². The number of aromatic nitrogens is 2. The number of nitrogens with one attached hydrogen (secondary N) is 1. The second kappa shape index (κ2) is 6.93. The Bertz CT molecular complexity index is 705. The first-order valence-electron chi connectivity index (χ1n) is 7.84. The highest BCUT2D eigenvalue weighted by Gasteiger charge is 2.18. The van der Waals surface area contributed by atoms with Crippen molar-refractivity contribution in [3.8, 4) is 0 Å². The van der Waals surface area contributed by atoms with Crippen LogP contribution in [0.25, 0.3) is 0 Å². The van der Waals surface area contributed by atoms with Crippen LogP contribution in [-0.4, -0.2) is 23.1 Å². The predicted octanol–water partition coefficient (Wildman–Crippen LogP) is 5.07. The summed E-state index contributed by atoms with van der Waals surface area (Å²) in [6, 6.07) is 7.32. The minimum Gasteiger partial charge on any atom is -0.356 e. The van der Waals surface area contributed by atoms with Gasteiger partial charge in [-0.3, -0.25) is 0 Å². The monoisotopic (exact) mass is 350 g/mol. The minimum absolute atomic E-state index is 0.544. The molecule has 1 aromatic heterocycles. The fraction of sp³-hybridized carbons (Fsp3) is 0.412. The molecule has 1 aromatic carbocycles. The average molecular weight is 351 g/mol. The fourth-order valence-corrected chi connectivity index (χ4v) is 3.22. The molecule has 23 heavy (non-hydrogen) atoms. The van der Waals surface area contributed by atoms with E-state index < -0.39 is 0 Å². The number of anilines is 3. The molecule has 3 rings (SSSR count). The van der Waals surface area contributed by atoms with E-state index in [2.05, 4.69) is 27.1 Å². The van der Waals surface area contributed by atoms with Gasteiger partial charge in [0.2, 0.25) is 5.95 Å². The van der Waals surface area contributed by atoms with Crippen molar-refractivity contribution in [3.05, 3.63) is 40.0 Å². The minimum atomic E-state index is 0.544. The number of rotatable bonds is 3. The van der Waals surface area contributed by atoms with E-state index >= 15 is 0 Å². The van der Waals surface area contributed by atoms with Gasteiger partial charge in [0.25, 0.3) is 0 Å². The second-order valence-electron chi connectivity index (χ2n) is 6.13. The summed E-state index contributed by atoms with van der Waals surface area (Å²) in [6.45, 7) is 6.33. The van der Waals surface area contributed by atoms with Gasteiger partial charge >= 0.3 is 0 Å². The van der Waals surface area contributed by atoms with Gasteiger partial charge in [-0.2, -0.15) is 4.98 Å². The lowest BCUT2D eigenvalue weighted by Crippen LogP contribution is -2.35. The van der Waals surface area contributed by atoms with Crippen LogP contribution >= 0.6 is 23.2 Å². The molecule has 4 nitrogen and oxygen atoms in total. The Labute approximate surface area is 146 Å². The van der Waals surface area contributed by atoms with E-state index in [1.807, 2.05) is 13.0 Å². The first kappa shape index (κ1) is 16.3. The maximum Gasteiger partial charge on any atom is 0.229 e. The van der Waals surface area contributed by atoms with E-state index in [9.17, 15) is 0 Å². The lowest BCUT2D eigenvalue weighted by molar-refractivity contribution is 0.444. The summed E-state index contributed by atoms with van der Waals surface area (Å²) in [5.41, 5.74) is 1.64. The van der Waals surface area contributed by atoms with Crippen LogP contribution in [-0.2, 0) is 0 Å². The molecule has 2 heterocycles. The molecule has 2 aromatic rings. The zero-order valence-corrected chi connectivity index (χ0v) is 14.8. The molecule has 0 radical (unpaired) electrons. The normalized spacial score (nSPS) is 18.1. The zero-order chi connectivity index (χ0) is 16.4. The summed E-state index contributed by atoms with van der Waals surface area (Å²) in [5.74, 6) is 2.20. The van der Waals surface area contributed by atoms with Gasteiger partial charge in [-0.05, 0) is 43.9 Å². The molecule has 1 N–H and O–H groups in total. The molecule has 0 saturated carbocycles. The number of hydrogen-bond acceptors (Lipinski definition) is 4. The summed E-state index contributed by atoms with van der Waals surface area (Å²) in [7, 11) is 0. The summed E-state index contributed by atoms with van der Waals surface area (Å²) >= 11 is 12.2. The van der Waals surface area contributed by atoms with Crippen LogP contribution in [0, 0.1) is 12.8 Å². The molecular formula is C17H20Cl2N4. The number of halogens is 2. The zero-order valence-electron chi connectivity index (χ0n) is 13.3. The molecule has 122 valence electrons. The van der Waals surface area contributed by atoms with Crippen molar-refractivity contribution in [2.24, 2.45) is 5.92 Å². The Morgan fingerprint density at radius 3 is 2.83 bits per heavy atom. The van der Waals surface area contributed by atoms with Gasteiger partial charge in [0, 0.05) is 29.9 Å². The third-order valence-corrected chi connectivity index (χ3v) is 4.56. The topological polar surface area (TPSA) is 41.1 Å². The van der Waals surface area contributed by atoms with E-state index in [1.54, 1.807) is 18.2 Å². The van der Waals surface area contributed by atoms with Gasteiger partial charge in [0.1, 0.15) is 5.82 Å². The molecule has 0 bridgehead atoms. The number of aryl methyl sites for hydroxylation is 1. The number of benzene rings is 1. The van der Waals surface area contributed by atoms with Crippen molar-refractivity contribution in [2.75, 3.05) is 23.3 Å². The highest BCUT2D eigenvalue weighted by molar-refractivity contribution is 6.35. The van der Waals surface area contributed by atoms with Crippen LogP contribution in [0.15, 0.2) is 24.3 Å². The molecule has 6 heteroatoms. The van der Waals surface area contributed by atoms with Gasteiger partial charge in [-0.1, -0.05) is 30.1 Å². The van der Waals surface area contributed by atoms with Gasteiger partial charge in [0.15, 0.2) is 0 Å². The van der Waals surface area contributed by atoms with Gasteiger partial charge in [-0.15, -0.1) is 0 Å². The molecule has 0 aliphatic carbocycles. The molecule has 1 aliphatic rings. The van der Waals surface area contributed by atoms with Crippen LogP contribution in [0.1, 0.15) is 25.5 Å². The maximum absolute atomic E-state index is 6.21. The molecule has 1 saturated heterocycles. The van der Waals surface area contributed by atoms with Crippen molar-refractivity contribution >= 4 is 40.7 Å². The van der Waals surface area contributed by atoms with E-state index in [1.165, 1.54) is 12.8 Å². The van der Waals surface area contributed by atoms with Crippen molar-refractivity contribution in [2.45, 2.75) is 26.7 Å². The van der Waals surface area contributed by atoms with Crippen LogP contribution < -0.4 is 10.2 Å². The Hall–Kier alpha value is -1.52. The fourth-order valence-electron chi connectivity index (χ4n) is 2.88. The summed E-state index contributed by atoms with van der Waals surface area (Å²) in [6.07, 6.45) is 2.48. The maximum atomic E-state index is 6.21. The number of hydrogen-bond donors (Lipinski definition) is 1. The van der Waals surface area contributed by atoms with Crippen LogP contribution in [0.3, 0.4) is 0 Å². The van der Waals surface area contributed by atoms with E-state index in [0.717, 1.165) is 24.6 Å². The van der Waals surface area contributed by atoms with E-state index in [4.69, 9.17) is 23.2 Å². The Morgan fingerprint density at radius 2 is 2.04 bits per heavy atom. The van der Waals surface area contributed by atoms with Crippen LogP contribution in [0.4, 0.5) is 17.5 Å². The Kier molecular flexibility index (Phi) is 4.93. The third kappa shape index (κ3) is 4.06. The number of nitrogens with zero attached hydrogens (tertiary/aromatic N) is 3. The van der Waals surface area contributed by atoms with Crippen molar-refractivity contribution in [1.29, 1.82) is 0 Å². The van der Waals surface area contributed by atoms with Crippen LogP contribution in [0.5, 0.6) is 0 Å². The molecule has 0 spiro atoms. The largest absolute Gasteiger partial charge is 0.356 e. The average Bonchev–Trinajstić information content (AvgIpc) is 2.50. The first-order valence-corrected chi connectivity index (χ1v) is 8.59. The van der Waals surface area contributed by atoms with E-state index in [-0.39, 0.29) is 0 Å². The first-order chi connectivity index (χ1) is 11.0. The molecule has 0 amide bonds. The second-order valence-corrected chi connectivity index (χ2v) is 6.98. The quantitative estimate of drug-likeness (QED) is 0.838. The standard InChI is InChI=1S/C17H20Cl2N4/c1-11-4-3-7-23(10-11)16-8-12(2)20-17(22-16)21-15-9-13(18)5-6-14(15)19/h5-6,8-9,11H,3-4,7,10H2,1-2H3,(H,20,21,22). The van der Waals surface area contributed by atoms with Gasteiger partial charge in [-0.25, -0.2) is 4.98 Å². The summed E-state index contributed by atoms with van der Waals surface area (Å²) in [4.78, 5) is 11.4. The third-order valence-electron chi connectivity index (χ3n) is 4.00. The Balaban J connectivity index is 1.87. The summed E-state index contributed by atoms with van der Waals surface area (Å²) in [5, 5.41) is 4.39. The predicted molar refractivity (Wildman–Crippen MR) is 97.1 cm³/mol. The highest BCUT2D eigenvalue weighted by atomic mass is 35.5. The lowest BCUT2D eigenvalue weighted by Gasteiger charge is -2.32. The number of piperidine rings is 1. The van der Waals surface area contributed by atoms with Crippen molar-refractivity contribution in [1.82, 2.24) is 9.97 Å². The highest BCUT2D eigenvalue weighted by Crippen LogP contribution is 2.29. The van der Waals surface area contributed by atoms with Crippen LogP contribution in [0.2, 0.25) is 10.0 Å². The molecule has 1 atom stereocenters. The molecule has 1 aliphatic heterocycles. The van der Waals surface area contributed by atoms with Crippen molar-refractivity contribution < 1.29 is 0 Å².